The number of nitrogens with two attached hydrogens (primary N) is 1. The molecule has 19 heavy (non-hydrogen) atoms. The number of unbranched alkanes of at least 4 members (excludes halogenated alkanes) is 1. The summed E-state index contributed by atoms with van der Waals surface area (Å²) in [4.78, 5) is 15.7. The van der Waals surface area contributed by atoms with Crippen LogP contribution in [-0.4, -0.2) is 30.6 Å². The molecule has 0 unspecified atom stereocenters. The molecule has 1 aromatic heterocycles. The van der Waals surface area contributed by atoms with E-state index in [4.69, 9.17) is 10.5 Å². The molecule has 1 rings (SSSR count). The third kappa shape index (κ3) is 7.41. The SMILES string of the molecule is CCCCOCCCNC(=O)Cc1ccc(N)cn1. The number of hydrogen-bond acceptors (Lipinski definition) is 4. The second-order valence-corrected chi connectivity index (χ2v) is 4.43. The second kappa shape index (κ2) is 9.33. The van der Waals surface area contributed by atoms with Crippen LogP contribution < -0.4 is 11.1 Å². The molecule has 1 heterocycles. The van der Waals surface area contributed by atoms with Crippen LogP contribution >= 0.6 is 0 Å². The summed E-state index contributed by atoms with van der Waals surface area (Å²) < 4.78 is 5.41. The van der Waals surface area contributed by atoms with Gasteiger partial charge in [0.05, 0.1) is 18.3 Å². The van der Waals surface area contributed by atoms with Crippen LogP contribution in [0.1, 0.15) is 31.9 Å². The summed E-state index contributed by atoms with van der Waals surface area (Å²) in [7, 11) is 0. The van der Waals surface area contributed by atoms with E-state index in [2.05, 4.69) is 17.2 Å². The van der Waals surface area contributed by atoms with Crippen molar-refractivity contribution in [2.45, 2.75) is 32.6 Å². The lowest BCUT2D eigenvalue weighted by atomic mass is 10.2. The van der Waals surface area contributed by atoms with Gasteiger partial charge in [0.1, 0.15) is 0 Å². The Hall–Kier alpha value is -1.62. The Bertz CT molecular complexity index is 365. The number of amides is 1. The Kier molecular flexibility index (Phi) is 7.58. The molecule has 5 heteroatoms. The highest BCUT2D eigenvalue weighted by Gasteiger charge is 2.03. The first-order valence-corrected chi connectivity index (χ1v) is 6.77. The zero-order valence-corrected chi connectivity index (χ0v) is 11.5. The first-order chi connectivity index (χ1) is 9.22. The van der Waals surface area contributed by atoms with Gasteiger partial charge in [0.15, 0.2) is 0 Å². The summed E-state index contributed by atoms with van der Waals surface area (Å²) in [5.74, 6) is -0.0224. The average Bonchev–Trinajstić information content (AvgIpc) is 2.40. The van der Waals surface area contributed by atoms with Gasteiger partial charge < -0.3 is 15.8 Å². The molecule has 0 bridgehead atoms. The minimum Gasteiger partial charge on any atom is -0.397 e. The zero-order valence-electron chi connectivity index (χ0n) is 11.5. The fraction of sp³-hybridized carbons (Fsp3) is 0.571. The monoisotopic (exact) mass is 265 g/mol. The molecule has 0 aromatic carbocycles. The Labute approximate surface area is 114 Å². The van der Waals surface area contributed by atoms with E-state index in [9.17, 15) is 4.79 Å². The van der Waals surface area contributed by atoms with Crippen LogP contribution in [0.15, 0.2) is 18.3 Å². The van der Waals surface area contributed by atoms with Crippen LogP contribution in [0.3, 0.4) is 0 Å². The summed E-state index contributed by atoms with van der Waals surface area (Å²) in [6, 6.07) is 3.51. The van der Waals surface area contributed by atoms with Crippen molar-refractivity contribution in [1.82, 2.24) is 10.3 Å². The van der Waals surface area contributed by atoms with Crippen molar-refractivity contribution in [2.75, 3.05) is 25.5 Å². The molecular weight excluding hydrogens is 242 g/mol. The van der Waals surface area contributed by atoms with E-state index >= 15 is 0 Å². The van der Waals surface area contributed by atoms with E-state index in [1.165, 1.54) is 0 Å². The standard InChI is InChI=1S/C14H23N3O2/c1-2-3-8-19-9-4-7-16-14(18)10-13-6-5-12(15)11-17-13/h5-6,11H,2-4,7-10,15H2,1H3,(H,16,18). The minimum atomic E-state index is -0.0224. The molecule has 0 aliphatic carbocycles. The lowest BCUT2D eigenvalue weighted by Crippen LogP contribution is -2.27. The molecule has 0 aliphatic heterocycles. The maximum Gasteiger partial charge on any atom is 0.226 e. The molecule has 0 atom stereocenters. The molecular formula is C14H23N3O2. The van der Waals surface area contributed by atoms with Crippen molar-refractivity contribution in [3.8, 4) is 0 Å². The summed E-state index contributed by atoms with van der Waals surface area (Å²) in [5.41, 5.74) is 6.86. The molecule has 0 saturated heterocycles. The number of hydrogen-bond donors (Lipinski definition) is 2. The van der Waals surface area contributed by atoms with E-state index in [0.29, 0.717) is 18.8 Å². The number of anilines is 1. The summed E-state index contributed by atoms with van der Waals surface area (Å²) in [6.07, 6.45) is 4.92. The normalized spacial score (nSPS) is 10.4. The first-order valence-electron chi connectivity index (χ1n) is 6.77. The molecule has 5 nitrogen and oxygen atoms in total. The zero-order chi connectivity index (χ0) is 13.9. The number of carbonyl (C=O) groups excluding carboxylic acids is 1. The maximum absolute atomic E-state index is 11.6. The van der Waals surface area contributed by atoms with Crippen molar-refractivity contribution < 1.29 is 9.53 Å². The maximum atomic E-state index is 11.6. The molecule has 0 aliphatic rings. The molecule has 1 amide bonds. The van der Waals surface area contributed by atoms with E-state index in [0.717, 1.165) is 31.6 Å². The number of pyridine rings is 1. The average molecular weight is 265 g/mol. The number of nitrogen functional groups attached to an aromatic ring is 1. The van der Waals surface area contributed by atoms with Gasteiger partial charge in [-0.1, -0.05) is 13.3 Å². The van der Waals surface area contributed by atoms with Crippen LogP contribution in [0, 0.1) is 0 Å². The predicted molar refractivity (Wildman–Crippen MR) is 75.7 cm³/mol. The fourth-order valence-electron chi connectivity index (χ4n) is 1.52. The molecule has 106 valence electrons. The molecule has 0 spiro atoms. The van der Waals surface area contributed by atoms with Crippen LogP contribution in [-0.2, 0) is 16.0 Å². The van der Waals surface area contributed by atoms with Gasteiger partial charge in [-0.3, -0.25) is 9.78 Å². The van der Waals surface area contributed by atoms with Gasteiger partial charge in [0.2, 0.25) is 5.91 Å². The van der Waals surface area contributed by atoms with E-state index in [1.54, 1.807) is 18.3 Å². The third-order valence-corrected chi connectivity index (χ3v) is 2.62. The number of ether oxygens (including phenoxy) is 1. The molecule has 0 saturated carbocycles. The highest BCUT2D eigenvalue weighted by Crippen LogP contribution is 2.01. The smallest absolute Gasteiger partial charge is 0.226 e. The van der Waals surface area contributed by atoms with Gasteiger partial charge in [0.25, 0.3) is 0 Å². The van der Waals surface area contributed by atoms with Gasteiger partial charge in [0, 0.05) is 25.5 Å². The van der Waals surface area contributed by atoms with Gasteiger partial charge in [-0.15, -0.1) is 0 Å². The lowest BCUT2D eigenvalue weighted by Gasteiger charge is -2.06. The van der Waals surface area contributed by atoms with E-state index in [1.807, 2.05) is 0 Å². The molecule has 0 fully saturated rings. The predicted octanol–water partition coefficient (Wildman–Crippen LogP) is 1.53. The number of rotatable bonds is 9. The lowest BCUT2D eigenvalue weighted by molar-refractivity contribution is -0.120. The van der Waals surface area contributed by atoms with Crippen molar-refractivity contribution in [3.63, 3.8) is 0 Å². The van der Waals surface area contributed by atoms with Crippen molar-refractivity contribution in [3.05, 3.63) is 24.0 Å². The van der Waals surface area contributed by atoms with Crippen molar-refractivity contribution >= 4 is 11.6 Å². The van der Waals surface area contributed by atoms with Gasteiger partial charge in [-0.25, -0.2) is 0 Å². The Morgan fingerprint density at radius 3 is 2.84 bits per heavy atom. The Morgan fingerprint density at radius 1 is 1.37 bits per heavy atom. The quantitative estimate of drug-likeness (QED) is 0.664. The summed E-state index contributed by atoms with van der Waals surface area (Å²) >= 11 is 0. The van der Waals surface area contributed by atoms with Gasteiger partial charge in [-0.05, 0) is 25.0 Å². The summed E-state index contributed by atoms with van der Waals surface area (Å²) in [5, 5.41) is 2.85. The number of carbonyl (C=O) groups is 1. The summed E-state index contributed by atoms with van der Waals surface area (Å²) in [6.45, 7) is 4.27. The number of aromatic nitrogens is 1. The third-order valence-electron chi connectivity index (χ3n) is 2.62. The molecule has 0 radical (unpaired) electrons. The fourth-order valence-corrected chi connectivity index (χ4v) is 1.52. The van der Waals surface area contributed by atoms with Gasteiger partial charge >= 0.3 is 0 Å². The van der Waals surface area contributed by atoms with Crippen LogP contribution in [0.5, 0.6) is 0 Å². The number of nitrogens with one attached hydrogen (secondary N) is 1. The van der Waals surface area contributed by atoms with E-state index in [-0.39, 0.29) is 12.3 Å². The molecule has 1 aromatic rings. The van der Waals surface area contributed by atoms with E-state index < -0.39 is 0 Å². The van der Waals surface area contributed by atoms with Crippen LogP contribution in [0.4, 0.5) is 5.69 Å². The topological polar surface area (TPSA) is 77.2 Å². The highest BCUT2D eigenvalue weighted by molar-refractivity contribution is 5.78. The van der Waals surface area contributed by atoms with Crippen LogP contribution in [0.2, 0.25) is 0 Å². The Morgan fingerprint density at radius 2 is 2.16 bits per heavy atom. The molecule has 3 N–H and O–H groups in total. The highest BCUT2D eigenvalue weighted by atomic mass is 16.5. The van der Waals surface area contributed by atoms with Crippen LogP contribution in [0.25, 0.3) is 0 Å². The Balaban J connectivity index is 2.06. The van der Waals surface area contributed by atoms with Gasteiger partial charge in [-0.2, -0.15) is 0 Å². The second-order valence-electron chi connectivity index (χ2n) is 4.43. The van der Waals surface area contributed by atoms with Crippen molar-refractivity contribution in [1.29, 1.82) is 0 Å². The minimum absolute atomic E-state index is 0.0224. The van der Waals surface area contributed by atoms with Crippen molar-refractivity contribution in [2.24, 2.45) is 0 Å². The number of nitrogens with zero attached hydrogens (tertiary/aromatic N) is 1. The first kappa shape index (κ1) is 15.4. The largest absolute Gasteiger partial charge is 0.397 e.